The van der Waals surface area contributed by atoms with Gasteiger partial charge in [0.2, 0.25) is 5.96 Å². The van der Waals surface area contributed by atoms with Crippen LogP contribution in [0.5, 0.6) is 0 Å². The van der Waals surface area contributed by atoms with E-state index in [1.807, 2.05) is 24.4 Å². The molecule has 1 unspecified atom stereocenters. The number of nitrogens with two attached hydrogens (primary N) is 2. The molecule has 1 aromatic heterocycles. The van der Waals surface area contributed by atoms with Crippen LogP contribution < -0.4 is 21.7 Å². The molecule has 0 saturated carbocycles. The highest BCUT2D eigenvalue weighted by Gasteiger charge is 2.32. The van der Waals surface area contributed by atoms with Crippen LogP contribution in [0.25, 0.3) is 0 Å². The molecule has 3 heterocycles. The number of nitrogens with one attached hydrogen (secondary N) is 1. The number of nitrogens with zero attached hydrogens (tertiary/aromatic N) is 4. The lowest BCUT2D eigenvalue weighted by Gasteiger charge is -2.39. The van der Waals surface area contributed by atoms with E-state index in [1.165, 1.54) is 5.56 Å². The second-order valence-electron chi connectivity index (χ2n) is 7.59. The largest absolute Gasteiger partial charge is 0.385 e. The van der Waals surface area contributed by atoms with E-state index in [-0.39, 0.29) is 0 Å². The van der Waals surface area contributed by atoms with E-state index in [1.54, 1.807) is 6.08 Å². The van der Waals surface area contributed by atoms with Gasteiger partial charge in [0.25, 0.3) is 0 Å². The Morgan fingerprint density at radius 1 is 1.03 bits per heavy atom. The number of aromatic nitrogens is 1. The normalized spacial score (nSPS) is 22.0. The lowest BCUT2D eigenvalue weighted by Crippen LogP contribution is -2.56. The van der Waals surface area contributed by atoms with E-state index in [0.29, 0.717) is 5.82 Å². The number of anilines is 1. The quantitative estimate of drug-likeness (QED) is 0.735. The highest BCUT2D eigenvalue weighted by atomic mass is 15.4. The Morgan fingerprint density at radius 2 is 1.76 bits per heavy atom. The molecular formula is C22H29N7. The molecule has 0 radical (unpaired) electrons. The number of rotatable bonds is 4. The van der Waals surface area contributed by atoms with Crippen LogP contribution in [0.4, 0.5) is 5.82 Å². The van der Waals surface area contributed by atoms with Gasteiger partial charge in [-0.3, -0.25) is 5.73 Å². The molecule has 152 valence electrons. The monoisotopic (exact) mass is 391 g/mol. The molecule has 2 aromatic rings. The summed E-state index contributed by atoms with van der Waals surface area (Å²) in [6, 6.07) is 14.4. The molecule has 7 heteroatoms. The van der Waals surface area contributed by atoms with Crippen molar-refractivity contribution in [2.75, 3.05) is 31.1 Å². The third kappa shape index (κ3) is 4.19. The van der Waals surface area contributed by atoms with Crippen molar-refractivity contribution in [3.05, 3.63) is 71.7 Å². The van der Waals surface area contributed by atoms with Gasteiger partial charge in [0, 0.05) is 38.5 Å². The molecule has 0 amide bonds. The summed E-state index contributed by atoms with van der Waals surface area (Å²) in [6.45, 7) is 5.55. The third-order valence-electron chi connectivity index (χ3n) is 5.43. The van der Waals surface area contributed by atoms with Gasteiger partial charge in [0.1, 0.15) is 11.6 Å². The molecule has 1 atom stereocenters. The predicted molar refractivity (Wildman–Crippen MR) is 117 cm³/mol. The summed E-state index contributed by atoms with van der Waals surface area (Å²) in [5.41, 5.74) is 14.1. The molecule has 2 aliphatic heterocycles. The minimum Gasteiger partial charge on any atom is -0.385 e. The average Bonchev–Trinajstić information content (AvgIpc) is 2.75. The Morgan fingerprint density at radius 3 is 2.41 bits per heavy atom. The molecule has 29 heavy (non-hydrogen) atoms. The minimum absolute atomic E-state index is 0.530. The smallest absolute Gasteiger partial charge is 0.202 e. The predicted octanol–water partition coefficient (Wildman–Crippen LogP) is 1.73. The van der Waals surface area contributed by atoms with Gasteiger partial charge in [-0.25, -0.2) is 9.98 Å². The summed E-state index contributed by atoms with van der Waals surface area (Å²) in [5, 5.41) is 3.20. The standard InChI is InChI=1S/C22H29N7/c1-2-5-17-7-9-18(10-8-17)22(24)16-19(23)26-21(27-22)29-14-12-28(13-15-29)20-6-3-4-11-25-20/h3-4,6-11,16H,2,5,12-15,23-24H2,1H3,(H,26,27). The molecule has 1 aromatic carbocycles. The molecule has 0 aliphatic carbocycles. The fraction of sp³-hybridized carbons (Fsp3) is 0.364. The Kier molecular flexibility index (Phi) is 5.40. The molecule has 5 N–H and O–H groups in total. The van der Waals surface area contributed by atoms with Gasteiger partial charge in [0.05, 0.1) is 0 Å². The molecule has 7 nitrogen and oxygen atoms in total. The first-order valence-corrected chi connectivity index (χ1v) is 10.2. The zero-order valence-electron chi connectivity index (χ0n) is 16.9. The number of hydrogen-bond donors (Lipinski definition) is 3. The molecule has 2 aliphatic rings. The SMILES string of the molecule is CCCc1ccc(C2(N)C=C(N)NC(N3CCN(c4ccccn4)CC3)=N2)cc1. The van der Waals surface area contributed by atoms with E-state index in [4.69, 9.17) is 16.5 Å². The van der Waals surface area contributed by atoms with Crippen LogP contribution in [0, 0.1) is 0 Å². The van der Waals surface area contributed by atoms with Crippen LogP contribution >= 0.6 is 0 Å². The van der Waals surface area contributed by atoms with E-state index >= 15 is 0 Å². The minimum atomic E-state index is -0.965. The van der Waals surface area contributed by atoms with E-state index in [9.17, 15) is 0 Å². The highest BCUT2D eigenvalue weighted by molar-refractivity contribution is 5.83. The Bertz CT molecular complexity index is 883. The summed E-state index contributed by atoms with van der Waals surface area (Å²) < 4.78 is 0. The number of aliphatic imine (C=N–C) groups is 1. The summed E-state index contributed by atoms with van der Waals surface area (Å²) in [5.74, 6) is 2.26. The maximum atomic E-state index is 6.68. The molecule has 1 fully saturated rings. The Balaban J connectivity index is 1.50. The van der Waals surface area contributed by atoms with Gasteiger partial charge < -0.3 is 20.9 Å². The summed E-state index contributed by atoms with van der Waals surface area (Å²) in [7, 11) is 0. The molecule has 0 spiro atoms. The third-order valence-corrected chi connectivity index (χ3v) is 5.43. The molecule has 0 bridgehead atoms. The molecule has 4 rings (SSSR count). The number of benzene rings is 1. The zero-order chi connectivity index (χ0) is 20.3. The van der Waals surface area contributed by atoms with Gasteiger partial charge in [-0.1, -0.05) is 43.7 Å². The zero-order valence-corrected chi connectivity index (χ0v) is 16.9. The van der Waals surface area contributed by atoms with Gasteiger partial charge >= 0.3 is 0 Å². The van der Waals surface area contributed by atoms with E-state index in [2.05, 4.69) is 51.3 Å². The second-order valence-corrected chi connectivity index (χ2v) is 7.59. The average molecular weight is 392 g/mol. The first-order chi connectivity index (χ1) is 14.1. The van der Waals surface area contributed by atoms with Crippen LogP contribution in [0.3, 0.4) is 0 Å². The maximum absolute atomic E-state index is 6.68. The fourth-order valence-corrected chi connectivity index (χ4v) is 3.85. The maximum Gasteiger partial charge on any atom is 0.202 e. The van der Waals surface area contributed by atoms with Crippen molar-refractivity contribution in [3.63, 3.8) is 0 Å². The topological polar surface area (TPSA) is 95.8 Å². The first kappa shape index (κ1) is 19.3. The van der Waals surface area contributed by atoms with E-state index in [0.717, 1.165) is 56.4 Å². The Hall–Kier alpha value is -3.06. The van der Waals surface area contributed by atoms with E-state index < -0.39 is 5.66 Å². The number of hydrogen-bond acceptors (Lipinski definition) is 7. The van der Waals surface area contributed by atoms with Crippen molar-refractivity contribution in [2.45, 2.75) is 25.4 Å². The lowest BCUT2D eigenvalue weighted by atomic mass is 9.97. The molecule has 1 saturated heterocycles. The number of aryl methyl sites for hydroxylation is 1. The van der Waals surface area contributed by atoms with Crippen molar-refractivity contribution in [1.29, 1.82) is 0 Å². The summed E-state index contributed by atoms with van der Waals surface area (Å²) in [6.07, 6.45) is 5.80. The van der Waals surface area contributed by atoms with Crippen molar-refractivity contribution in [1.82, 2.24) is 15.2 Å². The number of guanidine groups is 1. The van der Waals surface area contributed by atoms with Crippen LogP contribution in [0.2, 0.25) is 0 Å². The van der Waals surface area contributed by atoms with Gasteiger partial charge in [-0.2, -0.15) is 0 Å². The highest BCUT2D eigenvalue weighted by Crippen LogP contribution is 2.26. The fourth-order valence-electron chi connectivity index (χ4n) is 3.85. The number of pyridine rings is 1. The van der Waals surface area contributed by atoms with Crippen LogP contribution in [0.1, 0.15) is 24.5 Å². The van der Waals surface area contributed by atoms with Gasteiger partial charge in [0.15, 0.2) is 5.66 Å². The Labute approximate surface area is 172 Å². The first-order valence-electron chi connectivity index (χ1n) is 10.2. The van der Waals surface area contributed by atoms with Crippen LogP contribution in [0.15, 0.2) is 65.6 Å². The second kappa shape index (κ2) is 8.13. The van der Waals surface area contributed by atoms with Gasteiger partial charge in [-0.15, -0.1) is 0 Å². The van der Waals surface area contributed by atoms with Crippen molar-refractivity contribution in [2.24, 2.45) is 16.5 Å². The van der Waals surface area contributed by atoms with Crippen molar-refractivity contribution < 1.29 is 0 Å². The molecular weight excluding hydrogens is 362 g/mol. The summed E-state index contributed by atoms with van der Waals surface area (Å²) >= 11 is 0. The van der Waals surface area contributed by atoms with Crippen molar-refractivity contribution in [3.8, 4) is 0 Å². The summed E-state index contributed by atoms with van der Waals surface area (Å²) in [4.78, 5) is 13.8. The lowest BCUT2D eigenvalue weighted by molar-refractivity contribution is 0.364. The van der Waals surface area contributed by atoms with Crippen LogP contribution in [-0.2, 0) is 12.1 Å². The number of piperazine rings is 1. The van der Waals surface area contributed by atoms with Gasteiger partial charge in [-0.05, 0) is 29.7 Å². The van der Waals surface area contributed by atoms with Crippen LogP contribution in [-0.4, -0.2) is 42.0 Å². The van der Waals surface area contributed by atoms with Crippen molar-refractivity contribution >= 4 is 11.8 Å².